The number of imidazole rings is 1. The van der Waals surface area contributed by atoms with E-state index < -0.39 is 0 Å². The van der Waals surface area contributed by atoms with E-state index in [0.29, 0.717) is 12.4 Å². The van der Waals surface area contributed by atoms with Crippen molar-refractivity contribution in [3.8, 4) is 11.4 Å². The number of ether oxygens (including phenoxy) is 1. The molecule has 0 saturated carbocycles. The summed E-state index contributed by atoms with van der Waals surface area (Å²) in [5, 5.41) is 4.71. The number of nitrogens with one attached hydrogen (secondary N) is 1. The van der Waals surface area contributed by atoms with Crippen LogP contribution in [0.3, 0.4) is 0 Å². The molecule has 0 spiro atoms. The van der Waals surface area contributed by atoms with Gasteiger partial charge in [-0.2, -0.15) is 0 Å². The monoisotopic (exact) mass is 461 g/mol. The molecule has 0 amide bonds. The number of halogens is 1. The number of benzene rings is 1. The number of hydrogen-bond acceptors (Lipinski definition) is 4. The lowest BCUT2D eigenvalue weighted by Crippen LogP contribution is -2.24. The van der Waals surface area contributed by atoms with Gasteiger partial charge in [-0.05, 0) is 42.8 Å². The third-order valence-electron chi connectivity index (χ3n) is 6.29. The molecular formula is C25H24ClN5O2. The minimum atomic E-state index is -0.118. The van der Waals surface area contributed by atoms with Gasteiger partial charge in [-0.3, -0.25) is 9.36 Å². The minimum absolute atomic E-state index is 0. The molecule has 1 aromatic carbocycles. The average molecular weight is 462 g/mol. The summed E-state index contributed by atoms with van der Waals surface area (Å²) in [6.45, 7) is 2.27. The second kappa shape index (κ2) is 8.42. The molecule has 4 aromatic heterocycles. The normalized spacial score (nSPS) is 13.1. The fourth-order valence-electron chi connectivity index (χ4n) is 4.61. The Morgan fingerprint density at radius 3 is 2.91 bits per heavy atom. The molecule has 168 valence electrons. The van der Waals surface area contributed by atoms with Crippen LogP contribution in [0, 0.1) is 0 Å². The van der Waals surface area contributed by atoms with Gasteiger partial charge in [0.15, 0.2) is 0 Å². The van der Waals surface area contributed by atoms with Crippen molar-refractivity contribution in [3.63, 3.8) is 0 Å². The van der Waals surface area contributed by atoms with E-state index >= 15 is 0 Å². The molecule has 1 aliphatic heterocycles. The minimum Gasteiger partial charge on any atom is -0.489 e. The van der Waals surface area contributed by atoms with Crippen molar-refractivity contribution >= 4 is 29.0 Å². The van der Waals surface area contributed by atoms with Gasteiger partial charge < -0.3 is 19.0 Å². The van der Waals surface area contributed by atoms with Crippen LogP contribution < -0.4 is 15.6 Å². The summed E-state index contributed by atoms with van der Waals surface area (Å²) in [4.78, 5) is 17.1. The third kappa shape index (κ3) is 3.69. The third-order valence-corrected chi connectivity index (χ3v) is 6.29. The van der Waals surface area contributed by atoms with Crippen LogP contribution in [0.15, 0.2) is 72.0 Å². The van der Waals surface area contributed by atoms with E-state index in [2.05, 4.69) is 34.0 Å². The molecular weight excluding hydrogens is 438 g/mol. The van der Waals surface area contributed by atoms with Crippen molar-refractivity contribution in [1.29, 1.82) is 0 Å². The highest BCUT2D eigenvalue weighted by atomic mass is 35.5. The standard InChI is InChI=1S/C25H23N5O2.ClH/c1-28-22-12-18(3-4-20(22)21-6-8-26-14-23(21)28)30-10-7-19(13-25(30)31)32-16-17-2-5-24-27-9-11-29(24)15-17;/h2-5,7,9-13,15,26H,6,8,14,16H2,1H3;1H. The van der Waals surface area contributed by atoms with E-state index in [9.17, 15) is 4.79 Å². The topological polar surface area (TPSA) is 65.5 Å². The molecule has 1 aliphatic rings. The highest BCUT2D eigenvalue weighted by Crippen LogP contribution is 2.29. The van der Waals surface area contributed by atoms with Crippen molar-refractivity contribution in [1.82, 2.24) is 23.8 Å². The van der Waals surface area contributed by atoms with Crippen molar-refractivity contribution in [2.24, 2.45) is 7.05 Å². The first-order valence-electron chi connectivity index (χ1n) is 10.8. The predicted molar refractivity (Wildman–Crippen MR) is 131 cm³/mol. The molecule has 0 atom stereocenters. The number of hydrogen-bond donors (Lipinski definition) is 1. The SMILES string of the molecule is Cl.Cn1c2c(c3ccc(-n4ccc(OCc5ccc6nccn6c5)cc4=O)cc31)CCNC2. The second-order valence-electron chi connectivity index (χ2n) is 8.20. The van der Waals surface area contributed by atoms with Gasteiger partial charge in [0, 0.05) is 61.1 Å². The number of pyridine rings is 2. The van der Waals surface area contributed by atoms with Gasteiger partial charge in [-0.25, -0.2) is 4.98 Å². The van der Waals surface area contributed by atoms with Gasteiger partial charge in [-0.1, -0.05) is 12.1 Å². The highest BCUT2D eigenvalue weighted by molar-refractivity contribution is 5.87. The maximum Gasteiger partial charge on any atom is 0.258 e. The molecule has 0 saturated heterocycles. The quantitative estimate of drug-likeness (QED) is 0.444. The summed E-state index contributed by atoms with van der Waals surface area (Å²) in [6, 6.07) is 13.6. The molecule has 5 heterocycles. The van der Waals surface area contributed by atoms with E-state index in [1.54, 1.807) is 23.0 Å². The van der Waals surface area contributed by atoms with Crippen LogP contribution in [0.1, 0.15) is 16.8 Å². The first kappa shape index (κ1) is 21.3. The first-order valence-corrected chi connectivity index (χ1v) is 10.8. The maximum absolute atomic E-state index is 12.9. The summed E-state index contributed by atoms with van der Waals surface area (Å²) in [5.74, 6) is 0.554. The molecule has 7 nitrogen and oxygen atoms in total. The van der Waals surface area contributed by atoms with Gasteiger partial charge in [0.2, 0.25) is 0 Å². The summed E-state index contributed by atoms with van der Waals surface area (Å²) in [5.41, 5.74) is 6.53. The zero-order valence-electron chi connectivity index (χ0n) is 18.2. The van der Waals surface area contributed by atoms with E-state index in [1.807, 2.05) is 41.1 Å². The lowest BCUT2D eigenvalue weighted by molar-refractivity contribution is 0.304. The van der Waals surface area contributed by atoms with Crippen LogP contribution in [-0.2, 0) is 26.6 Å². The van der Waals surface area contributed by atoms with E-state index in [1.165, 1.54) is 16.6 Å². The van der Waals surface area contributed by atoms with Gasteiger partial charge >= 0.3 is 0 Å². The molecule has 8 heteroatoms. The molecule has 0 bridgehead atoms. The van der Waals surface area contributed by atoms with Crippen molar-refractivity contribution in [2.75, 3.05) is 6.54 Å². The number of fused-ring (bicyclic) bond motifs is 4. The lowest BCUT2D eigenvalue weighted by Gasteiger charge is -2.14. The van der Waals surface area contributed by atoms with Crippen LogP contribution in [0.5, 0.6) is 5.75 Å². The molecule has 33 heavy (non-hydrogen) atoms. The Labute approximate surface area is 196 Å². The van der Waals surface area contributed by atoms with Crippen LogP contribution >= 0.6 is 12.4 Å². The van der Waals surface area contributed by atoms with Gasteiger partial charge in [0.25, 0.3) is 5.56 Å². The zero-order valence-corrected chi connectivity index (χ0v) is 19.0. The largest absolute Gasteiger partial charge is 0.489 e. The molecule has 0 aliphatic carbocycles. The number of rotatable bonds is 4. The Kier molecular flexibility index (Phi) is 5.44. The molecule has 0 radical (unpaired) electrons. The van der Waals surface area contributed by atoms with Crippen LogP contribution in [-0.4, -0.2) is 25.1 Å². The summed E-state index contributed by atoms with van der Waals surface area (Å²) in [6.07, 6.45) is 8.46. The number of aryl methyl sites for hydroxylation is 1. The Morgan fingerprint density at radius 1 is 1.12 bits per heavy atom. The molecule has 1 N–H and O–H groups in total. The smallest absolute Gasteiger partial charge is 0.258 e. The van der Waals surface area contributed by atoms with Crippen LogP contribution in [0.25, 0.3) is 22.2 Å². The maximum atomic E-state index is 12.9. The summed E-state index contributed by atoms with van der Waals surface area (Å²) in [7, 11) is 2.10. The predicted octanol–water partition coefficient (Wildman–Crippen LogP) is 3.62. The first-order chi connectivity index (χ1) is 15.7. The van der Waals surface area contributed by atoms with E-state index in [0.717, 1.165) is 41.9 Å². The number of nitrogens with zero attached hydrogens (tertiary/aromatic N) is 4. The summed E-state index contributed by atoms with van der Waals surface area (Å²) < 4.78 is 11.7. The van der Waals surface area contributed by atoms with Crippen LogP contribution in [0.4, 0.5) is 0 Å². The number of aromatic nitrogens is 4. The molecule has 0 unspecified atom stereocenters. The zero-order chi connectivity index (χ0) is 21.7. The van der Waals surface area contributed by atoms with Gasteiger partial charge in [0.1, 0.15) is 18.0 Å². The Balaban J connectivity index is 0.00000228. The van der Waals surface area contributed by atoms with Crippen molar-refractivity contribution in [3.05, 3.63) is 94.4 Å². The Bertz CT molecular complexity index is 1530. The van der Waals surface area contributed by atoms with E-state index in [4.69, 9.17) is 4.74 Å². The van der Waals surface area contributed by atoms with E-state index in [-0.39, 0.29) is 18.0 Å². The molecule has 5 aromatic rings. The fourth-order valence-corrected chi connectivity index (χ4v) is 4.61. The average Bonchev–Trinajstić information content (AvgIpc) is 3.40. The Hall–Kier alpha value is -3.55. The highest BCUT2D eigenvalue weighted by Gasteiger charge is 2.18. The lowest BCUT2D eigenvalue weighted by atomic mass is 10.0. The summed E-state index contributed by atoms with van der Waals surface area (Å²) >= 11 is 0. The van der Waals surface area contributed by atoms with Crippen LogP contribution in [0.2, 0.25) is 0 Å². The van der Waals surface area contributed by atoms with Crippen molar-refractivity contribution in [2.45, 2.75) is 19.6 Å². The second-order valence-corrected chi connectivity index (χ2v) is 8.20. The van der Waals surface area contributed by atoms with Gasteiger partial charge in [-0.15, -0.1) is 12.4 Å². The fraction of sp³-hybridized carbons (Fsp3) is 0.200. The Morgan fingerprint density at radius 2 is 2.03 bits per heavy atom. The van der Waals surface area contributed by atoms with Gasteiger partial charge in [0.05, 0.1) is 11.2 Å². The molecule has 0 fully saturated rings. The van der Waals surface area contributed by atoms with Crippen molar-refractivity contribution < 1.29 is 4.74 Å². The molecule has 6 rings (SSSR count).